The Labute approximate surface area is 137 Å². The van der Waals surface area contributed by atoms with Crippen molar-refractivity contribution in [3.05, 3.63) is 66.2 Å². The number of ether oxygens (including phenoxy) is 1. The van der Waals surface area contributed by atoms with Gasteiger partial charge in [0.05, 0.1) is 16.6 Å². The Balaban J connectivity index is 2.15. The maximum Gasteiger partial charge on any atom is 0.265 e. The molecule has 4 nitrogen and oxygen atoms in total. The second-order valence-electron chi connectivity index (χ2n) is 5.70. The van der Waals surface area contributed by atoms with Crippen molar-refractivity contribution in [1.82, 2.24) is 0 Å². The second-order valence-corrected chi connectivity index (χ2v) is 7.51. The van der Waals surface area contributed by atoms with Gasteiger partial charge in [-0.15, -0.1) is 6.58 Å². The van der Waals surface area contributed by atoms with Crippen molar-refractivity contribution >= 4 is 15.7 Å². The van der Waals surface area contributed by atoms with E-state index in [0.29, 0.717) is 11.4 Å². The van der Waals surface area contributed by atoms with E-state index in [9.17, 15) is 8.42 Å². The molecule has 0 bridgehead atoms. The second kappa shape index (κ2) is 5.74. The lowest BCUT2D eigenvalue weighted by atomic mass is 10.1. The molecule has 0 unspecified atom stereocenters. The van der Waals surface area contributed by atoms with Gasteiger partial charge >= 0.3 is 0 Å². The monoisotopic (exact) mass is 329 g/mol. The number of nitrogens with zero attached hydrogens (tertiary/aromatic N) is 1. The lowest BCUT2D eigenvalue weighted by Crippen LogP contribution is -2.45. The maximum absolute atomic E-state index is 13.1. The van der Waals surface area contributed by atoms with E-state index in [2.05, 4.69) is 6.58 Å². The molecule has 0 aliphatic carbocycles. The molecule has 2 aromatic rings. The SMILES string of the molecule is C=C[C@@H]1COc2cc(C)ccc2N1S(=O)(=O)c1ccc(C)cc1. The Morgan fingerprint density at radius 2 is 1.78 bits per heavy atom. The van der Waals surface area contributed by atoms with Crippen molar-refractivity contribution in [2.75, 3.05) is 10.9 Å². The largest absolute Gasteiger partial charge is 0.489 e. The first-order chi connectivity index (χ1) is 10.9. The molecule has 0 N–H and O–H groups in total. The Morgan fingerprint density at radius 1 is 1.13 bits per heavy atom. The smallest absolute Gasteiger partial charge is 0.265 e. The van der Waals surface area contributed by atoms with E-state index in [4.69, 9.17) is 4.74 Å². The predicted octanol–water partition coefficient (Wildman–Crippen LogP) is 3.45. The van der Waals surface area contributed by atoms with Crippen molar-refractivity contribution < 1.29 is 13.2 Å². The molecule has 3 rings (SSSR count). The first-order valence-electron chi connectivity index (χ1n) is 7.40. The Bertz CT molecular complexity index is 841. The molecule has 23 heavy (non-hydrogen) atoms. The normalized spacial score (nSPS) is 17.3. The number of benzene rings is 2. The zero-order chi connectivity index (χ0) is 16.6. The third kappa shape index (κ3) is 2.72. The first-order valence-corrected chi connectivity index (χ1v) is 8.84. The Kier molecular flexibility index (Phi) is 3.90. The zero-order valence-corrected chi connectivity index (χ0v) is 14.0. The van der Waals surface area contributed by atoms with Crippen molar-refractivity contribution in [3.63, 3.8) is 0 Å². The van der Waals surface area contributed by atoms with Gasteiger partial charge in [-0.25, -0.2) is 8.42 Å². The van der Waals surface area contributed by atoms with E-state index in [-0.39, 0.29) is 11.5 Å². The van der Waals surface area contributed by atoms with Crippen molar-refractivity contribution in [2.24, 2.45) is 0 Å². The molecule has 0 saturated carbocycles. The van der Waals surface area contributed by atoms with Crippen LogP contribution in [0.4, 0.5) is 5.69 Å². The minimum Gasteiger partial charge on any atom is -0.489 e. The molecule has 0 spiro atoms. The number of aryl methyl sites for hydroxylation is 2. The number of sulfonamides is 1. The van der Waals surface area contributed by atoms with Crippen LogP contribution in [0.5, 0.6) is 5.75 Å². The fraction of sp³-hybridized carbons (Fsp3) is 0.222. The average molecular weight is 329 g/mol. The molecule has 0 radical (unpaired) electrons. The molecule has 0 fully saturated rings. The molecule has 120 valence electrons. The summed E-state index contributed by atoms with van der Waals surface area (Å²) in [7, 11) is -3.68. The van der Waals surface area contributed by atoms with Crippen LogP contribution in [0.2, 0.25) is 0 Å². The van der Waals surface area contributed by atoms with Crippen LogP contribution < -0.4 is 9.04 Å². The summed E-state index contributed by atoms with van der Waals surface area (Å²) in [5, 5.41) is 0. The van der Waals surface area contributed by atoms with Gasteiger partial charge in [-0.3, -0.25) is 4.31 Å². The highest BCUT2D eigenvalue weighted by Crippen LogP contribution is 2.38. The summed E-state index contributed by atoms with van der Waals surface area (Å²) in [4.78, 5) is 0.267. The number of rotatable bonds is 3. The predicted molar refractivity (Wildman–Crippen MR) is 91.5 cm³/mol. The standard InChI is InChI=1S/C18H19NO3S/c1-4-15-12-22-18-11-14(3)7-10-17(18)19(15)23(20,21)16-8-5-13(2)6-9-16/h4-11,15H,1,12H2,2-3H3/t15-/m1/s1. The fourth-order valence-corrected chi connectivity index (χ4v) is 4.26. The molecule has 0 amide bonds. The quantitative estimate of drug-likeness (QED) is 0.810. The molecule has 0 saturated heterocycles. The third-order valence-electron chi connectivity index (χ3n) is 3.91. The van der Waals surface area contributed by atoms with Gasteiger partial charge in [0, 0.05) is 0 Å². The van der Waals surface area contributed by atoms with Crippen molar-refractivity contribution in [1.29, 1.82) is 0 Å². The van der Waals surface area contributed by atoms with Gasteiger partial charge < -0.3 is 4.74 Å². The van der Waals surface area contributed by atoms with Gasteiger partial charge in [0.1, 0.15) is 12.4 Å². The highest BCUT2D eigenvalue weighted by molar-refractivity contribution is 7.92. The van der Waals surface area contributed by atoms with Crippen molar-refractivity contribution in [2.45, 2.75) is 24.8 Å². The Morgan fingerprint density at radius 3 is 2.43 bits per heavy atom. The zero-order valence-electron chi connectivity index (χ0n) is 13.2. The van der Waals surface area contributed by atoms with Crippen LogP contribution in [0.25, 0.3) is 0 Å². The Hall–Kier alpha value is -2.27. The molecule has 2 aromatic carbocycles. The van der Waals surface area contributed by atoms with E-state index in [1.807, 2.05) is 26.0 Å². The van der Waals surface area contributed by atoms with Crippen molar-refractivity contribution in [3.8, 4) is 5.75 Å². The molecule has 1 atom stereocenters. The minimum atomic E-state index is -3.68. The lowest BCUT2D eigenvalue weighted by molar-refractivity contribution is 0.292. The van der Waals surface area contributed by atoms with E-state index in [0.717, 1.165) is 11.1 Å². The summed E-state index contributed by atoms with van der Waals surface area (Å²) in [6.07, 6.45) is 1.61. The molecule has 0 aromatic heterocycles. The van der Waals surface area contributed by atoms with Gasteiger partial charge in [0.25, 0.3) is 10.0 Å². The number of fused-ring (bicyclic) bond motifs is 1. The molecule has 1 aliphatic rings. The van der Waals surface area contributed by atoms with Crippen LogP contribution >= 0.6 is 0 Å². The van der Waals surface area contributed by atoms with Crippen LogP contribution in [0, 0.1) is 13.8 Å². The highest BCUT2D eigenvalue weighted by atomic mass is 32.2. The van der Waals surface area contributed by atoms with E-state index in [1.165, 1.54) is 4.31 Å². The number of hydrogen-bond donors (Lipinski definition) is 0. The molecule has 5 heteroatoms. The number of anilines is 1. The lowest BCUT2D eigenvalue weighted by Gasteiger charge is -2.36. The average Bonchev–Trinajstić information content (AvgIpc) is 2.53. The third-order valence-corrected chi connectivity index (χ3v) is 5.77. The van der Waals surface area contributed by atoms with Gasteiger partial charge in [0.2, 0.25) is 0 Å². The summed E-state index contributed by atoms with van der Waals surface area (Å²) in [6, 6.07) is 11.9. The summed E-state index contributed by atoms with van der Waals surface area (Å²) in [5.41, 5.74) is 2.59. The van der Waals surface area contributed by atoms with Gasteiger partial charge in [-0.05, 0) is 43.7 Å². The van der Waals surface area contributed by atoms with E-state index in [1.54, 1.807) is 36.4 Å². The van der Waals surface area contributed by atoms with Crippen LogP contribution in [0.1, 0.15) is 11.1 Å². The van der Waals surface area contributed by atoms with Gasteiger partial charge in [-0.1, -0.05) is 29.8 Å². The topological polar surface area (TPSA) is 46.6 Å². The van der Waals surface area contributed by atoms with Crippen LogP contribution in [-0.2, 0) is 10.0 Å². The summed E-state index contributed by atoms with van der Waals surface area (Å²) in [6.45, 7) is 7.89. The fourth-order valence-electron chi connectivity index (χ4n) is 2.64. The van der Waals surface area contributed by atoms with E-state index >= 15 is 0 Å². The highest BCUT2D eigenvalue weighted by Gasteiger charge is 2.35. The van der Waals surface area contributed by atoms with E-state index < -0.39 is 16.1 Å². The molecule has 1 heterocycles. The van der Waals surface area contributed by atoms with Crippen LogP contribution in [0.15, 0.2) is 60.0 Å². The van der Waals surface area contributed by atoms with Crippen LogP contribution in [-0.4, -0.2) is 21.1 Å². The first kappa shape index (κ1) is 15.6. The summed E-state index contributed by atoms with van der Waals surface area (Å²) < 4.78 is 33.4. The number of hydrogen-bond acceptors (Lipinski definition) is 3. The summed E-state index contributed by atoms with van der Waals surface area (Å²) in [5.74, 6) is 0.582. The molecular formula is C18H19NO3S. The maximum atomic E-state index is 13.1. The van der Waals surface area contributed by atoms with Gasteiger partial charge in [-0.2, -0.15) is 0 Å². The van der Waals surface area contributed by atoms with Crippen LogP contribution in [0.3, 0.4) is 0 Å². The van der Waals surface area contributed by atoms with Gasteiger partial charge in [0.15, 0.2) is 0 Å². The minimum absolute atomic E-state index is 0.255. The molecular weight excluding hydrogens is 310 g/mol. The molecule has 1 aliphatic heterocycles. The summed E-state index contributed by atoms with van der Waals surface area (Å²) >= 11 is 0.